The summed E-state index contributed by atoms with van der Waals surface area (Å²) in [5.41, 5.74) is 1.80. The van der Waals surface area contributed by atoms with Gasteiger partial charge in [-0.25, -0.2) is 0 Å². The number of para-hydroxylation sites is 1. The van der Waals surface area contributed by atoms with E-state index in [9.17, 15) is 4.79 Å². The Bertz CT molecular complexity index is 418. The average molecular weight is 252 g/mol. The molecule has 0 aromatic heterocycles. The van der Waals surface area contributed by atoms with Crippen LogP contribution in [0, 0.1) is 0 Å². The first-order chi connectivity index (χ1) is 8.24. The lowest BCUT2D eigenvalue weighted by Gasteiger charge is -2.25. The lowest BCUT2D eigenvalue weighted by Crippen LogP contribution is -2.33. The quantitative estimate of drug-likeness (QED) is 0.628. The van der Waals surface area contributed by atoms with Gasteiger partial charge in [0, 0.05) is 11.6 Å². The molecule has 1 N–H and O–H groups in total. The zero-order valence-electron chi connectivity index (χ0n) is 10.1. The maximum absolute atomic E-state index is 12.2. The van der Waals surface area contributed by atoms with E-state index in [1.165, 1.54) is 0 Å². The summed E-state index contributed by atoms with van der Waals surface area (Å²) in [6.07, 6.45) is 3.70. The fourth-order valence-electron chi connectivity index (χ4n) is 2.67. The van der Waals surface area contributed by atoms with Crippen molar-refractivity contribution in [2.75, 3.05) is 11.2 Å². The van der Waals surface area contributed by atoms with Gasteiger partial charge in [0.05, 0.1) is 5.41 Å². The first kappa shape index (κ1) is 12.4. The van der Waals surface area contributed by atoms with Crippen molar-refractivity contribution in [2.45, 2.75) is 38.0 Å². The number of hydrogen-bond donors (Lipinski definition) is 1. The monoisotopic (exact) mass is 251 g/mol. The standard InChI is InChI=1S/C14H18ClNO/c1-2-14(9-5-6-10-15)11-7-3-4-8-12(11)16-13(14)17/h3-4,7-8H,2,5-6,9-10H2,1H3,(H,16,17). The number of rotatable bonds is 5. The summed E-state index contributed by atoms with van der Waals surface area (Å²) in [7, 11) is 0. The molecule has 0 radical (unpaired) electrons. The molecular weight excluding hydrogens is 234 g/mol. The number of nitrogens with one attached hydrogen (secondary N) is 1. The van der Waals surface area contributed by atoms with Gasteiger partial charge >= 0.3 is 0 Å². The van der Waals surface area contributed by atoms with Crippen LogP contribution in [0.3, 0.4) is 0 Å². The zero-order valence-corrected chi connectivity index (χ0v) is 10.9. The van der Waals surface area contributed by atoms with Crippen LogP contribution in [-0.4, -0.2) is 11.8 Å². The van der Waals surface area contributed by atoms with Gasteiger partial charge in [0.1, 0.15) is 0 Å². The number of carbonyl (C=O) groups is 1. The minimum absolute atomic E-state index is 0.149. The van der Waals surface area contributed by atoms with E-state index in [1.807, 2.05) is 18.2 Å². The van der Waals surface area contributed by atoms with E-state index in [2.05, 4.69) is 18.3 Å². The van der Waals surface area contributed by atoms with E-state index in [0.29, 0.717) is 5.88 Å². The molecule has 1 aromatic carbocycles. The third-order valence-electron chi connectivity index (χ3n) is 3.72. The van der Waals surface area contributed by atoms with Crippen LogP contribution in [0.1, 0.15) is 38.2 Å². The summed E-state index contributed by atoms with van der Waals surface area (Å²) in [4.78, 5) is 12.2. The minimum Gasteiger partial charge on any atom is -0.325 e. The van der Waals surface area contributed by atoms with Crippen LogP contribution in [-0.2, 0) is 10.2 Å². The van der Waals surface area contributed by atoms with E-state index in [1.54, 1.807) is 0 Å². The second-order valence-electron chi connectivity index (χ2n) is 4.58. The molecule has 1 aliphatic heterocycles. The van der Waals surface area contributed by atoms with Crippen LogP contribution in [0.2, 0.25) is 0 Å². The van der Waals surface area contributed by atoms with E-state index < -0.39 is 0 Å². The molecule has 1 aliphatic rings. The van der Waals surface area contributed by atoms with Crippen LogP contribution >= 0.6 is 11.6 Å². The van der Waals surface area contributed by atoms with Gasteiger partial charge in [-0.15, -0.1) is 11.6 Å². The number of hydrogen-bond acceptors (Lipinski definition) is 1. The number of amides is 1. The van der Waals surface area contributed by atoms with Gasteiger partial charge in [-0.1, -0.05) is 31.5 Å². The molecule has 0 bridgehead atoms. The Morgan fingerprint density at radius 3 is 2.76 bits per heavy atom. The van der Waals surface area contributed by atoms with Crippen molar-refractivity contribution in [3.8, 4) is 0 Å². The zero-order chi connectivity index (χ0) is 12.3. The Hall–Kier alpha value is -1.02. The summed E-state index contributed by atoms with van der Waals surface area (Å²) in [5.74, 6) is 0.819. The summed E-state index contributed by atoms with van der Waals surface area (Å²) < 4.78 is 0. The highest BCUT2D eigenvalue weighted by atomic mass is 35.5. The molecule has 0 saturated carbocycles. The number of carbonyl (C=O) groups excluding carboxylic acids is 1. The molecule has 92 valence electrons. The van der Waals surface area contributed by atoms with Gasteiger partial charge < -0.3 is 5.32 Å². The largest absolute Gasteiger partial charge is 0.325 e. The lowest BCUT2D eigenvalue weighted by molar-refractivity contribution is -0.121. The number of anilines is 1. The topological polar surface area (TPSA) is 29.1 Å². The maximum Gasteiger partial charge on any atom is 0.235 e. The second kappa shape index (κ2) is 5.09. The average Bonchev–Trinajstić information content (AvgIpc) is 2.63. The number of alkyl halides is 1. The Kier molecular flexibility index (Phi) is 3.72. The minimum atomic E-state index is -0.331. The second-order valence-corrected chi connectivity index (χ2v) is 4.96. The molecule has 2 nitrogen and oxygen atoms in total. The highest BCUT2D eigenvalue weighted by Crippen LogP contribution is 2.43. The predicted octanol–water partition coefficient (Wildman–Crippen LogP) is 3.70. The molecule has 0 saturated heterocycles. The number of unbranched alkanes of at least 4 members (excludes halogenated alkanes) is 1. The third kappa shape index (κ3) is 2.06. The van der Waals surface area contributed by atoms with Crippen molar-refractivity contribution < 1.29 is 4.79 Å². The SMILES string of the molecule is CCC1(CCCCCl)C(=O)Nc2ccccc21. The highest BCUT2D eigenvalue weighted by Gasteiger charge is 2.44. The fraction of sp³-hybridized carbons (Fsp3) is 0.500. The molecule has 1 atom stereocenters. The Balaban J connectivity index is 2.29. The summed E-state index contributed by atoms with van der Waals surface area (Å²) >= 11 is 5.71. The Morgan fingerprint density at radius 2 is 2.06 bits per heavy atom. The van der Waals surface area contributed by atoms with Gasteiger partial charge in [0.2, 0.25) is 5.91 Å². The first-order valence-corrected chi connectivity index (χ1v) is 6.75. The third-order valence-corrected chi connectivity index (χ3v) is 3.98. The van der Waals surface area contributed by atoms with Crippen molar-refractivity contribution in [1.82, 2.24) is 0 Å². The number of benzene rings is 1. The predicted molar refractivity (Wildman–Crippen MR) is 71.6 cm³/mol. The molecule has 17 heavy (non-hydrogen) atoms. The van der Waals surface area contributed by atoms with Crippen LogP contribution in [0.15, 0.2) is 24.3 Å². The molecule has 1 aromatic rings. The molecule has 0 aliphatic carbocycles. The lowest BCUT2D eigenvalue weighted by atomic mass is 9.75. The number of halogens is 1. The van der Waals surface area contributed by atoms with Gasteiger partial charge in [0.25, 0.3) is 0 Å². The summed E-state index contributed by atoms with van der Waals surface area (Å²) in [6, 6.07) is 8.01. The van der Waals surface area contributed by atoms with E-state index in [-0.39, 0.29) is 11.3 Å². The van der Waals surface area contributed by atoms with Crippen LogP contribution in [0.4, 0.5) is 5.69 Å². The van der Waals surface area contributed by atoms with Gasteiger partial charge in [-0.05, 0) is 30.9 Å². The maximum atomic E-state index is 12.2. The van der Waals surface area contributed by atoms with Gasteiger partial charge in [-0.2, -0.15) is 0 Å². The van der Waals surface area contributed by atoms with E-state index in [0.717, 1.165) is 36.9 Å². The normalized spacial score (nSPS) is 22.4. The Labute approximate surface area is 107 Å². The smallest absolute Gasteiger partial charge is 0.235 e. The summed E-state index contributed by atoms with van der Waals surface area (Å²) in [6.45, 7) is 2.09. The molecular formula is C14H18ClNO. The Morgan fingerprint density at radius 1 is 1.29 bits per heavy atom. The van der Waals surface area contributed by atoms with E-state index >= 15 is 0 Å². The number of fused-ring (bicyclic) bond motifs is 1. The molecule has 1 amide bonds. The van der Waals surface area contributed by atoms with E-state index in [4.69, 9.17) is 11.6 Å². The van der Waals surface area contributed by atoms with Crippen LogP contribution in [0.25, 0.3) is 0 Å². The first-order valence-electron chi connectivity index (χ1n) is 6.21. The van der Waals surface area contributed by atoms with Crippen molar-refractivity contribution in [3.05, 3.63) is 29.8 Å². The highest BCUT2D eigenvalue weighted by molar-refractivity contribution is 6.17. The molecule has 0 fully saturated rings. The molecule has 1 heterocycles. The van der Waals surface area contributed by atoms with Gasteiger partial charge in [-0.3, -0.25) is 4.79 Å². The molecule has 1 unspecified atom stereocenters. The summed E-state index contributed by atoms with van der Waals surface area (Å²) in [5, 5.41) is 2.99. The fourth-order valence-corrected chi connectivity index (χ4v) is 2.86. The van der Waals surface area contributed by atoms with Crippen LogP contribution in [0.5, 0.6) is 0 Å². The molecule has 2 rings (SSSR count). The van der Waals surface area contributed by atoms with Crippen LogP contribution < -0.4 is 5.32 Å². The van der Waals surface area contributed by atoms with Crippen molar-refractivity contribution in [2.24, 2.45) is 0 Å². The molecule has 3 heteroatoms. The van der Waals surface area contributed by atoms with Crippen molar-refractivity contribution in [3.63, 3.8) is 0 Å². The van der Waals surface area contributed by atoms with Gasteiger partial charge in [0.15, 0.2) is 0 Å². The molecule has 0 spiro atoms. The van der Waals surface area contributed by atoms with Crippen molar-refractivity contribution in [1.29, 1.82) is 0 Å². The van der Waals surface area contributed by atoms with Crippen molar-refractivity contribution >= 4 is 23.2 Å².